The fraction of sp³-hybridized carbons (Fsp3) is 0.857. The lowest BCUT2D eigenvalue weighted by molar-refractivity contribution is 0.142. The second-order valence-electron chi connectivity index (χ2n) is 3.52. The summed E-state index contributed by atoms with van der Waals surface area (Å²) < 4.78 is 0. The van der Waals surface area contributed by atoms with E-state index >= 15 is 0 Å². The molecule has 1 saturated carbocycles. The molecule has 70 valence electrons. The van der Waals surface area contributed by atoms with Crippen LogP contribution in [0.3, 0.4) is 0 Å². The first-order chi connectivity index (χ1) is 5.35. The Morgan fingerprint density at radius 1 is 1.50 bits per heavy atom. The summed E-state index contributed by atoms with van der Waals surface area (Å²) in [6.07, 6.45) is 4.01. The van der Waals surface area contributed by atoms with Crippen LogP contribution in [0, 0.1) is 5.41 Å². The van der Waals surface area contributed by atoms with Gasteiger partial charge in [-0.2, -0.15) is 0 Å². The van der Waals surface area contributed by atoms with Crippen molar-refractivity contribution in [3.05, 3.63) is 0 Å². The Balaban J connectivity index is 0.000000720. The molecule has 1 heterocycles. The molecule has 0 radical (unpaired) electrons. The molecule has 0 atom stereocenters. The number of hydrogen-bond donors (Lipinski definition) is 3. The van der Waals surface area contributed by atoms with Crippen molar-refractivity contribution in [3.8, 4) is 0 Å². The molecule has 0 aromatic rings. The molecule has 1 aliphatic heterocycles. The minimum Gasteiger partial charge on any atom is -0.355 e. The quantitative estimate of drug-likeness (QED) is 0.338. The summed E-state index contributed by atoms with van der Waals surface area (Å²) in [6.45, 7) is 1.98. The smallest absolute Gasteiger partial charge is 0.205 e. The molecular formula is C7H15IN4. The van der Waals surface area contributed by atoms with Crippen LogP contribution in [0.25, 0.3) is 0 Å². The van der Waals surface area contributed by atoms with Crippen LogP contribution >= 0.6 is 24.0 Å². The number of nitrogens with two attached hydrogens (primary N) is 1. The highest BCUT2D eigenvalue weighted by atomic mass is 127. The number of nitrogens with zero attached hydrogens (tertiary/aromatic N) is 1. The minimum atomic E-state index is 0. The molecule has 2 aliphatic rings. The molecule has 4 nitrogen and oxygen atoms in total. The first-order valence-corrected chi connectivity index (χ1v) is 4.10. The fourth-order valence-corrected chi connectivity index (χ4v) is 1.74. The Bertz CT molecular complexity index is 188. The maximum atomic E-state index is 5.21. The molecule has 0 aromatic heterocycles. The molecule has 1 spiro atoms. The van der Waals surface area contributed by atoms with Crippen molar-refractivity contribution >= 4 is 29.9 Å². The van der Waals surface area contributed by atoms with E-state index in [0.717, 1.165) is 19.0 Å². The van der Waals surface area contributed by atoms with Gasteiger partial charge in [0.25, 0.3) is 0 Å². The zero-order valence-electron chi connectivity index (χ0n) is 6.97. The summed E-state index contributed by atoms with van der Waals surface area (Å²) in [6, 6.07) is 0. The Labute approximate surface area is 89.4 Å². The lowest BCUT2D eigenvalue weighted by Gasteiger charge is -2.43. The first-order valence-electron chi connectivity index (χ1n) is 4.10. The number of hydrazine groups is 1. The Morgan fingerprint density at radius 2 is 2.25 bits per heavy atom. The number of rotatable bonds is 0. The van der Waals surface area contributed by atoms with E-state index in [0.29, 0.717) is 5.41 Å². The number of hydrogen-bond acceptors (Lipinski definition) is 4. The number of guanidine groups is 1. The Kier molecular flexibility index (Phi) is 3.16. The monoisotopic (exact) mass is 282 g/mol. The predicted molar refractivity (Wildman–Crippen MR) is 59.3 cm³/mol. The van der Waals surface area contributed by atoms with Gasteiger partial charge in [-0.25, -0.2) is 5.84 Å². The molecule has 1 fully saturated rings. The number of halogens is 1. The van der Waals surface area contributed by atoms with Gasteiger partial charge in [0.15, 0.2) is 0 Å². The standard InChI is InChI=1S/C7H14N4.HI/c8-11-6-9-4-7(5-10-6)2-1-3-7;/h1-5,8H2,(H2,9,10,11);1H. The third kappa shape index (κ3) is 1.66. The zero-order valence-corrected chi connectivity index (χ0v) is 9.30. The van der Waals surface area contributed by atoms with E-state index in [2.05, 4.69) is 15.7 Å². The predicted octanol–water partition coefficient (Wildman–Crippen LogP) is 0.197. The molecule has 1 aliphatic carbocycles. The molecule has 0 aromatic carbocycles. The van der Waals surface area contributed by atoms with E-state index in [1.807, 2.05) is 0 Å². The second-order valence-corrected chi connectivity index (χ2v) is 3.52. The molecule has 2 rings (SSSR count). The van der Waals surface area contributed by atoms with E-state index in [4.69, 9.17) is 5.84 Å². The molecule has 0 unspecified atom stereocenters. The van der Waals surface area contributed by atoms with E-state index in [-0.39, 0.29) is 24.0 Å². The van der Waals surface area contributed by atoms with Crippen LogP contribution in [-0.2, 0) is 0 Å². The van der Waals surface area contributed by atoms with Gasteiger partial charge in [-0.1, -0.05) is 6.42 Å². The fourth-order valence-electron chi connectivity index (χ4n) is 1.74. The van der Waals surface area contributed by atoms with E-state index in [1.165, 1.54) is 19.3 Å². The van der Waals surface area contributed by atoms with Crippen LogP contribution in [0.15, 0.2) is 4.99 Å². The second kappa shape index (κ2) is 3.78. The summed E-state index contributed by atoms with van der Waals surface area (Å²) in [7, 11) is 0. The van der Waals surface area contributed by atoms with Crippen molar-refractivity contribution in [2.75, 3.05) is 13.1 Å². The van der Waals surface area contributed by atoms with Gasteiger partial charge in [0.2, 0.25) is 5.96 Å². The van der Waals surface area contributed by atoms with Crippen LogP contribution in [0.2, 0.25) is 0 Å². The summed E-state index contributed by atoms with van der Waals surface area (Å²) >= 11 is 0. The summed E-state index contributed by atoms with van der Waals surface area (Å²) in [5.41, 5.74) is 3.02. The Morgan fingerprint density at radius 3 is 2.58 bits per heavy atom. The maximum Gasteiger partial charge on any atom is 0.205 e. The van der Waals surface area contributed by atoms with Gasteiger partial charge < -0.3 is 5.32 Å². The largest absolute Gasteiger partial charge is 0.355 e. The highest BCUT2D eigenvalue weighted by Crippen LogP contribution is 2.41. The third-order valence-corrected chi connectivity index (χ3v) is 2.75. The van der Waals surface area contributed by atoms with Gasteiger partial charge in [0.05, 0.1) is 6.54 Å². The van der Waals surface area contributed by atoms with Crippen LogP contribution < -0.4 is 16.6 Å². The molecular weight excluding hydrogens is 267 g/mol. The van der Waals surface area contributed by atoms with Gasteiger partial charge in [-0.05, 0) is 12.8 Å². The van der Waals surface area contributed by atoms with Crippen molar-refractivity contribution in [1.82, 2.24) is 10.7 Å². The molecule has 0 amide bonds. The Hall–Kier alpha value is -0.0400. The lowest BCUT2D eigenvalue weighted by atomic mass is 9.68. The average Bonchev–Trinajstić information content (AvgIpc) is 2.02. The summed E-state index contributed by atoms with van der Waals surface area (Å²) in [5.74, 6) is 5.95. The van der Waals surface area contributed by atoms with Crippen LogP contribution in [0.1, 0.15) is 19.3 Å². The average molecular weight is 282 g/mol. The number of aliphatic imine (C=N–C) groups is 1. The zero-order chi connectivity index (χ0) is 7.73. The van der Waals surface area contributed by atoms with Gasteiger partial charge >= 0.3 is 0 Å². The van der Waals surface area contributed by atoms with Gasteiger partial charge in [-0.3, -0.25) is 10.4 Å². The lowest BCUT2D eigenvalue weighted by Crippen LogP contribution is -2.53. The van der Waals surface area contributed by atoms with Gasteiger partial charge in [0.1, 0.15) is 0 Å². The third-order valence-electron chi connectivity index (χ3n) is 2.75. The SMILES string of the molecule is I.NNC1=NCC2(CCC2)CN1. The summed E-state index contributed by atoms with van der Waals surface area (Å²) in [5, 5.41) is 3.18. The normalized spacial score (nSPS) is 24.6. The molecule has 0 saturated heterocycles. The highest BCUT2D eigenvalue weighted by molar-refractivity contribution is 14.0. The minimum absolute atomic E-state index is 0. The molecule has 4 N–H and O–H groups in total. The molecule has 12 heavy (non-hydrogen) atoms. The maximum absolute atomic E-state index is 5.21. The van der Waals surface area contributed by atoms with Crippen molar-refractivity contribution in [1.29, 1.82) is 0 Å². The van der Waals surface area contributed by atoms with E-state index in [1.54, 1.807) is 0 Å². The van der Waals surface area contributed by atoms with E-state index < -0.39 is 0 Å². The van der Waals surface area contributed by atoms with E-state index in [9.17, 15) is 0 Å². The first kappa shape index (κ1) is 10.0. The summed E-state index contributed by atoms with van der Waals surface area (Å²) in [4.78, 5) is 4.29. The van der Waals surface area contributed by atoms with Crippen molar-refractivity contribution in [2.45, 2.75) is 19.3 Å². The number of nitrogens with one attached hydrogen (secondary N) is 2. The van der Waals surface area contributed by atoms with Crippen molar-refractivity contribution in [2.24, 2.45) is 16.3 Å². The van der Waals surface area contributed by atoms with Crippen LogP contribution in [0.4, 0.5) is 0 Å². The highest BCUT2D eigenvalue weighted by Gasteiger charge is 2.38. The van der Waals surface area contributed by atoms with Crippen molar-refractivity contribution < 1.29 is 0 Å². The molecule has 0 bridgehead atoms. The van der Waals surface area contributed by atoms with Crippen LogP contribution in [0.5, 0.6) is 0 Å². The molecule has 5 heteroatoms. The van der Waals surface area contributed by atoms with Gasteiger partial charge in [-0.15, -0.1) is 24.0 Å². The van der Waals surface area contributed by atoms with Crippen LogP contribution in [-0.4, -0.2) is 19.0 Å². The topological polar surface area (TPSA) is 62.4 Å². The van der Waals surface area contributed by atoms with Gasteiger partial charge in [0, 0.05) is 12.0 Å². The van der Waals surface area contributed by atoms with Crippen molar-refractivity contribution in [3.63, 3.8) is 0 Å².